The smallest absolute Gasteiger partial charge is 0.416 e. The van der Waals surface area contributed by atoms with Gasteiger partial charge in [-0.25, -0.2) is 8.42 Å². The van der Waals surface area contributed by atoms with Gasteiger partial charge in [-0.1, -0.05) is 12.1 Å². The zero-order valence-corrected chi connectivity index (χ0v) is 16.5. The number of halogens is 3. The molecule has 1 heterocycles. The van der Waals surface area contributed by atoms with E-state index in [0.717, 1.165) is 18.4 Å². The predicted octanol–water partition coefficient (Wildman–Crippen LogP) is 3.79. The second-order valence-electron chi connectivity index (χ2n) is 6.93. The zero-order chi connectivity index (χ0) is 21.2. The van der Waals surface area contributed by atoms with Crippen molar-refractivity contribution >= 4 is 15.7 Å². The van der Waals surface area contributed by atoms with Crippen molar-refractivity contribution in [2.45, 2.75) is 30.0 Å². The van der Waals surface area contributed by atoms with Crippen LogP contribution in [0.1, 0.15) is 28.8 Å². The maximum absolute atomic E-state index is 12.8. The van der Waals surface area contributed by atoms with E-state index in [-0.39, 0.29) is 28.2 Å². The van der Waals surface area contributed by atoms with Crippen LogP contribution in [0.4, 0.5) is 13.2 Å². The third-order valence-corrected chi connectivity index (χ3v) is 5.81. The Balaban J connectivity index is 1.62. The van der Waals surface area contributed by atoms with E-state index in [1.165, 1.54) is 30.3 Å². The monoisotopic (exact) mass is 427 g/mol. The summed E-state index contributed by atoms with van der Waals surface area (Å²) in [5.74, 6) is -0.140. The molecule has 0 aliphatic carbocycles. The average Bonchev–Trinajstić information content (AvgIpc) is 2.67. The van der Waals surface area contributed by atoms with Crippen molar-refractivity contribution < 1.29 is 31.1 Å². The van der Waals surface area contributed by atoms with E-state index in [4.69, 9.17) is 4.74 Å². The van der Waals surface area contributed by atoms with E-state index in [9.17, 15) is 26.4 Å². The Labute approximate surface area is 167 Å². The SMILES string of the molecule is CS(=O)(=O)c1cccc(C(=O)N2CCC(Oc3cccc(C(F)(F)F)c3)CC2)c1. The number of hydrogen-bond acceptors (Lipinski definition) is 4. The van der Waals surface area contributed by atoms with Gasteiger partial charge in [-0.15, -0.1) is 0 Å². The highest BCUT2D eigenvalue weighted by molar-refractivity contribution is 7.90. The number of amides is 1. The van der Waals surface area contributed by atoms with Crippen molar-refractivity contribution in [3.63, 3.8) is 0 Å². The molecular weight excluding hydrogens is 407 g/mol. The Bertz CT molecular complexity index is 997. The summed E-state index contributed by atoms with van der Waals surface area (Å²) < 4.78 is 67.5. The van der Waals surface area contributed by atoms with Gasteiger partial charge in [0, 0.05) is 37.8 Å². The van der Waals surface area contributed by atoms with Gasteiger partial charge >= 0.3 is 6.18 Å². The molecule has 2 aromatic rings. The molecule has 1 fully saturated rings. The normalized spacial score (nSPS) is 15.9. The summed E-state index contributed by atoms with van der Waals surface area (Å²) in [6.45, 7) is 0.733. The third-order valence-electron chi connectivity index (χ3n) is 4.70. The first kappa shape index (κ1) is 21.2. The summed E-state index contributed by atoms with van der Waals surface area (Å²) in [5, 5.41) is 0. The van der Waals surface area contributed by atoms with Crippen molar-refractivity contribution in [3.8, 4) is 5.75 Å². The Morgan fingerprint density at radius 1 is 1.07 bits per heavy atom. The van der Waals surface area contributed by atoms with Gasteiger partial charge in [0.2, 0.25) is 0 Å². The first-order chi connectivity index (χ1) is 13.5. The van der Waals surface area contributed by atoms with Crippen LogP contribution in [-0.2, 0) is 16.0 Å². The number of hydrogen-bond donors (Lipinski definition) is 0. The second kappa shape index (κ2) is 8.06. The van der Waals surface area contributed by atoms with Crippen molar-refractivity contribution in [2.24, 2.45) is 0 Å². The molecule has 29 heavy (non-hydrogen) atoms. The van der Waals surface area contributed by atoms with E-state index in [1.807, 2.05) is 0 Å². The molecular formula is C20H20F3NO4S. The molecule has 0 spiro atoms. The standard InChI is InChI=1S/C20H20F3NO4S/c1-29(26,27)18-7-2-4-14(12-18)19(25)24-10-8-16(9-11-24)28-17-6-3-5-15(13-17)20(21,22)23/h2-7,12-13,16H,8-11H2,1H3. The van der Waals surface area contributed by atoms with Gasteiger partial charge in [-0.2, -0.15) is 13.2 Å². The lowest BCUT2D eigenvalue weighted by Crippen LogP contribution is -2.41. The summed E-state index contributed by atoms with van der Waals surface area (Å²) in [6.07, 6.45) is -2.73. The number of alkyl halides is 3. The van der Waals surface area contributed by atoms with E-state index >= 15 is 0 Å². The molecule has 0 saturated carbocycles. The summed E-state index contributed by atoms with van der Waals surface area (Å²) in [5.41, 5.74) is -0.487. The van der Waals surface area contributed by atoms with Gasteiger partial charge in [0.25, 0.3) is 5.91 Å². The highest BCUT2D eigenvalue weighted by Gasteiger charge is 2.31. The molecule has 0 atom stereocenters. The number of ether oxygens (including phenoxy) is 1. The van der Waals surface area contributed by atoms with Gasteiger partial charge < -0.3 is 9.64 Å². The fourth-order valence-corrected chi connectivity index (χ4v) is 3.82. The first-order valence-corrected chi connectivity index (χ1v) is 10.9. The quantitative estimate of drug-likeness (QED) is 0.745. The van der Waals surface area contributed by atoms with Crippen LogP contribution in [0.3, 0.4) is 0 Å². The van der Waals surface area contributed by atoms with Crippen molar-refractivity contribution in [1.29, 1.82) is 0 Å². The summed E-state index contributed by atoms with van der Waals surface area (Å²) in [4.78, 5) is 14.3. The van der Waals surface area contributed by atoms with Crippen LogP contribution in [0.25, 0.3) is 0 Å². The lowest BCUT2D eigenvalue weighted by atomic mass is 10.1. The lowest BCUT2D eigenvalue weighted by Gasteiger charge is -2.32. The van der Waals surface area contributed by atoms with Crippen LogP contribution >= 0.6 is 0 Å². The molecule has 5 nitrogen and oxygen atoms in total. The topological polar surface area (TPSA) is 63.7 Å². The molecule has 0 aromatic heterocycles. The fraction of sp³-hybridized carbons (Fsp3) is 0.350. The van der Waals surface area contributed by atoms with Gasteiger partial charge in [-0.05, 0) is 36.4 Å². The van der Waals surface area contributed by atoms with E-state index < -0.39 is 21.6 Å². The molecule has 1 amide bonds. The van der Waals surface area contributed by atoms with Crippen LogP contribution < -0.4 is 4.74 Å². The maximum Gasteiger partial charge on any atom is 0.416 e. The Hall–Kier alpha value is -2.55. The molecule has 0 unspecified atom stereocenters. The minimum Gasteiger partial charge on any atom is -0.490 e. The fourth-order valence-electron chi connectivity index (χ4n) is 3.16. The van der Waals surface area contributed by atoms with Gasteiger partial charge in [-0.3, -0.25) is 4.79 Å². The van der Waals surface area contributed by atoms with E-state index in [2.05, 4.69) is 0 Å². The minimum atomic E-state index is -4.43. The third kappa shape index (κ3) is 5.29. The van der Waals surface area contributed by atoms with E-state index in [0.29, 0.717) is 25.9 Å². The van der Waals surface area contributed by atoms with Crippen LogP contribution in [0, 0.1) is 0 Å². The van der Waals surface area contributed by atoms with Gasteiger partial charge in [0.15, 0.2) is 9.84 Å². The van der Waals surface area contributed by atoms with E-state index in [1.54, 1.807) is 11.0 Å². The highest BCUT2D eigenvalue weighted by Crippen LogP contribution is 2.32. The molecule has 3 rings (SSSR count). The van der Waals surface area contributed by atoms with Crippen LogP contribution in [-0.4, -0.2) is 44.7 Å². The Kier molecular flexibility index (Phi) is 5.88. The van der Waals surface area contributed by atoms with Crippen LogP contribution in [0.5, 0.6) is 5.75 Å². The number of piperidine rings is 1. The molecule has 0 N–H and O–H groups in total. The first-order valence-electron chi connectivity index (χ1n) is 8.97. The second-order valence-corrected chi connectivity index (χ2v) is 8.95. The van der Waals surface area contributed by atoms with Crippen molar-refractivity contribution in [3.05, 3.63) is 59.7 Å². The van der Waals surface area contributed by atoms with Crippen molar-refractivity contribution in [1.82, 2.24) is 4.90 Å². The van der Waals surface area contributed by atoms with Crippen LogP contribution in [0.15, 0.2) is 53.4 Å². The number of sulfone groups is 1. The number of nitrogens with zero attached hydrogens (tertiary/aromatic N) is 1. The lowest BCUT2D eigenvalue weighted by molar-refractivity contribution is -0.137. The summed E-state index contributed by atoms with van der Waals surface area (Å²) >= 11 is 0. The largest absolute Gasteiger partial charge is 0.490 e. The van der Waals surface area contributed by atoms with Gasteiger partial charge in [0.05, 0.1) is 10.5 Å². The number of carbonyl (C=O) groups excluding carboxylic acids is 1. The average molecular weight is 427 g/mol. The molecule has 1 aliphatic heterocycles. The minimum absolute atomic E-state index is 0.0751. The number of benzene rings is 2. The Morgan fingerprint density at radius 2 is 1.72 bits per heavy atom. The zero-order valence-electron chi connectivity index (χ0n) is 15.6. The highest BCUT2D eigenvalue weighted by atomic mass is 32.2. The van der Waals surface area contributed by atoms with Crippen LogP contribution in [0.2, 0.25) is 0 Å². The number of carbonyl (C=O) groups is 1. The molecule has 9 heteroatoms. The van der Waals surface area contributed by atoms with Gasteiger partial charge in [0.1, 0.15) is 11.9 Å². The number of rotatable bonds is 4. The maximum atomic E-state index is 12.8. The number of likely N-dealkylation sites (tertiary alicyclic amines) is 1. The Morgan fingerprint density at radius 3 is 2.34 bits per heavy atom. The summed E-state index contributed by atoms with van der Waals surface area (Å²) in [7, 11) is -3.42. The molecule has 0 bridgehead atoms. The van der Waals surface area contributed by atoms with Crippen molar-refractivity contribution in [2.75, 3.05) is 19.3 Å². The molecule has 2 aromatic carbocycles. The predicted molar refractivity (Wildman–Crippen MR) is 101 cm³/mol. The molecule has 1 saturated heterocycles. The molecule has 1 aliphatic rings. The molecule has 0 radical (unpaired) electrons. The molecule has 156 valence electrons. The summed E-state index contributed by atoms with van der Waals surface area (Å²) in [6, 6.07) is 10.6.